The molecule has 2 heteroatoms. The Morgan fingerprint density at radius 1 is 1.40 bits per heavy atom. The van der Waals surface area contributed by atoms with Crippen LogP contribution in [0.15, 0.2) is 18.2 Å². The molecule has 0 bridgehead atoms. The predicted molar refractivity (Wildman–Crippen MR) is 65.2 cm³/mol. The first kappa shape index (κ1) is 10.5. The van der Waals surface area contributed by atoms with Gasteiger partial charge in [-0.25, -0.2) is 0 Å². The molecule has 1 aromatic rings. The van der Waals surface area contributed by atoms with Crippen LogP contribution < -0.4 is 10.6 Å². The second-order valence-electron chi connectivity index (χ2n) is 4.86. The summed E-state index contributed by atoms with van der Waals surface area (Å²) in [6.45, 7) is 8.57. The molecule has 0 saturated heterocycles. The van der Waals surface area contributed by atoms with Crippen molar-refractivity contribution in [1.82, 2.24) is 0 Å². The van der Waals surface area contributed by atoms with Crippen LogP contribution in [0.2, 0.25) is 0 Å². The third-order valence-corrected chi connectivity index (χ3v) is 3.16. The van der Waals surface area contributed by atoms with E-state index in [0.717, 1.165) is 19.5 Å². The summed E-state index contributed by atoms with van der Waals surface area (Å²) in [5, 5.41) is 0. The Kier molecular flexibility index (Phi) is 2.47. The van der Waals surface area contributed by atoms with Gasteiger partial charge in [-0.3, -0.25) is 0 Å². The van der Waals surface area contributed by atoms with Gasteiger partial charge in [-0.05, 0) is 38.3 Å². The lowest BCUT2D eigenvalue weighted by Crippen LogP contribution is -2.32. The van der Waals surface area contributed by atoms with E-state index in [9.17, 15) is 0 Å². The van der Waals surface area contributed by atoms with E-state index in [2.05, 4.69) is 43.9 Å². The molecule has 0 spiro atoms. The second kappa shape index (κ2) is 3.53. The Balaban J connectivity index is 2.54. The van der Waals surface area contributed by atoms with Gasteiger partial charge in [-0.1, -0.05) is 18.2 Å². The fraction of sp³-hybridized carbons (Fsp3) is 0.538. The number of benzene rings is 1. The lowest BCUT2D eigenvalue weighted by Gasteiger charge is -2.27. The molecule has 0 atom stereocenters. The van der Waals surface area contributed by atoms with Crippen LogP contribution in [-0.2, 0) is 12.0 Å². The standard InChI is InChI=1S/C13H20N2/c1-4-15-9-8-10-6-5-7-11(12(10)15)13(2,3)14/h5-7H,4,8-9,14H2,1-3H3. The van der Waals surface area contributed by atoms with Crippen molar-refractivity contribution in [3.05, 3.63) is 29.3 Å². The van der Waals surface area contributed by atoms with Gasteiger partial charge in [0.15, 0.2) is 0 Å². The Morgan fingerprint density at radius 3 is 2.73 bits per heavy atom. The highest BCUT2D eigenvalue weighted by Crippen LogP contribution is 2.36. The van der Waals surface area contributed by atoms with E-state index in [-0.39, 0.29) is 5.54 Å². The van der Waals surface area contributed by atoms with Gasteiger partial charge in [0, 0.05) is 24.3 Å². The maximum absolute atomic E-state index is 6.22. The molecule has 1 heterocycles. The van der Waals surface area contributed by atoms with Crippen LogP contribution in [0.5, 0.6) is 0 Å². The number of anilines is 1. The van der Waals surface area contributed by atoms with Crippen LogP contribution in [0.1, 0.15) is 31.9 Å². The molecule has 0 aromatic heterocycles. The molecule has 0 radical (unpaired) electrons. The van der Waals surface area contributed by atoms with E-state index in [0.29, 0.717) is 0 Å². The molecule has 0 fully saturated rings. The van der Waals surface area contributed by atoms with Gasteiger partial charge in [0.25, 0.3) is 0 Å². The Hall–Kier alpha value is -1.02. The minimum Gasteiger partial charge on any atom is -0.371 e. The zero-order valence-corrected chi connectivity index (χ0v) is 9.88. The highest BCUT2D eigenvalue weighted by atomic mass is 15.1. The number of nitrogens with zero attached hydrogens (tertiary/aromatic N) is 1. The monoisotopic (exact) mass is 204 g/mol. The summed E-state index contributed by atoms with van der Waals surface area (Å²) in [5.74, 6) is 0. The van der Waals surface area contributed by atoms with E-state index in [1.807, 2.05) is 0 Å². The van der Waals surface area contributed by atoms with Crippen LogP contribution in [-0.4, -0.2) is 13.1 Å². The molecule has 0 amide bonds. The predicted octanol–water partition coefficient (Wildman–Crippen LogP) is 2.26. The topological polar surface area (TPSA) is 29.3 Å². The summed E-state index contributed by atoms with van der Waals surface area (Å²) in [5.41, 5.74) is 10.1. The van der Waals surface area contributed by atoms with Gasteiger partial charge >= 0.3 is 0 Å². The highest BCUT2D eigenvalue weighted by molar-refractivity contribution is 5.65. The Bertz CT molecular complexity index is 363. The Labute approximate surface area is 92.1 Å². The fourth-order valence-electron chi connectivity index (χ4n) is 2.37. The third-order valence-electron chi connectivity index (χ3n) is 3.16. The molecule has 0 unspecified atom stereocenters. The van der Waals surface area contributed by atoms with Crippen molar-refractivity contribution < 1.29 is 0 Å². The quantitative estimate of drug-likeness (QED) is 0.800. The molecule has 0 saturated carbocycles. The summed E-state index contributed by atoms with van der Waals surface area (Å²) in [7, 11) is 0. The molecule has 15 heavy (non-hydrogen) atoms. The molecular formula is C13H20N2. The summed E-state index contributed by atoms with van der Waals surface area (Å²) >= 11 is 0. The maximum atomic E-state index is 6.22. The first-order valence-corrected chi connectivity index (χ1v) is 5.70. The number of nitrogens with two attached hydrogens (primary N) is 1. The van der Waals surface area contributed by atoms with E-state index in [1.165, 1.54) is 16.8 Å². The second-order valence-corrected chi connectivity index (χ2v) is 4.86. The third kappa shape index (κ3) is 1.74. The molecule has 2 rings (SSSR count). The van der Waals surface area contributed by atoms with Crippen LogP contribution in [0.25, 0.3) is 0 Å². The van der Waals surface area contributed by atoms with Crippen molar-refractivity contribution in [1.29, 1.82) is 0 Å². The zero-order valence-electron chi connectivity index (χ0n) is 9.88. The summed E-state index contributed by atoms with van der Waals surface area (Å²) in [4.78, 5) is 2.43. The van der Waals surface area contributed by atoms with Gasteiger partial charge in [0.2, 0.25) is 0 Å². The van der Waals surface area contributed by atoms with Gasteiger partial charge in [0.05, 0.1) is 0 Å². The van der Waals surface area contributed by atoms with Crippen LogP contribution in [0, 0.1) is 0 Å². The van der Waals surface area contributed by atoms with Crippen molar-refractivity contribution in [3.63, 3.8) is 0 Å². The minimum atomic E-state index is -0.247. The molecule has 82 valence electrons. The van der Waals surface area contributed by atoms with E-state index in [1.54, 1.807) is 0 Å². The van der Waals surface area contributed by atoms with Gasteiger partial charge in [-0.15, -0.1) is 0 Å². The van der Waals surface area contributed by atoms with E-state index < -0.39 is 0 Å². The average molecular weight is 204 g/mol. The van der Waals surface area contributed by atoms with Crippen molar-refractivity contribution in [2.24, 2.45) is 5.73 Å². The summed E-state index contributed by atoms with van der Waals surface area (Å²) in [6.07, 6.45) is 1.16. The van der Waals surface area contributed by atoms with Gasteiger partial charge in [0.1, 0.15) is 0 Å². The van der Waals surface area contributed by atoms with Crippen molar-refractivity contribution >= 4 is 5.69 Å². The highest BCUT2D eigenvalue weighted by Gasteiger charge is 2.26. The lowest BCUT2D eigenvalue weighted by atomic mass is 9.92. The zero-order chi connectivity index (χ0) is 11.1. The normalized spacial score (nSPS) is 15.6. The number of hydrogen-bond donors (Lipinski definition) is 1. The maximum Gasteiger partial charge on any atom is 0.0450 e. The molecule has 0 aliphatic carbocycles. The van der Waals surface area contributed by atoms with Crippen LogP contribution >= 0.6 is 0 Å². The first-order valence-electron chi connectivity index (χ1n) is 5.70. The number of para-hydroxylation sites is 1. The van der Waals surface area contributed by atoms with Crippen LogP contribution in [0.3, 0.4) is 0 Å². The molecule has 2 nitrogen and oxygen atoms in total. The molecule has 1 aliphatic heterocycles. The smallest absolute Gasteiger partial charge is 0.0450 e. The SMILES string of the molecule is CCN1CCc2cccc(C(C)(C)N)c21. The lowest BCUT2D eigenvalue weighted by molar-refractivity contribution is 0.554. The largest absolute Gasteiger partial charge is 0.371 e. The van der Waals surface area contributed by atoms with Gasteiger partial charge in [-0.2, -0.15) is 0 Å². The molecule has 2 N–H and O–H groups in total. The van der Waals surface area contributed by atoms with Gasteiger partial charge < -0.3 is 10.6 Å². The van der Waals surface area contributed by atoms with Crippen molar-refractivity contribution in [3.8, 4) is 0 Å². The molecular weight excluding hydrogens is 184 g/mol. The summed E-state index contributed by atoms with van der Waals surface area (Å²) < 4.78 is 0. The van der Waals surface area contributed by atoms with E-state index >= 15 is 0 Å². The van der Waals surface area contributed by atoms with E-state index in [4.69, 9.17) is 5.73 Å². The number of likely N-dealkylation sites (N-methyl/N-ethyl adjacent to an activating group) is 1. The minimum absolute atomic E-state index is 0.247. The van der Waals surface area contributed by atoms with Crippen LogP contribution in [0.4, 0.5) is 5.69 Å². The molecule has 1 aromatic carbocycles. The number of fused-ring (bicyclic) bond motifs is 1. The average Bonchev–Trinajstić information content (AvgIpc) is 2.58. The molecule has 1 aliphatic rings. The first-order chi connectivity index (χ1) is 7.04. The number of hydrogen-bond acceptors (Lipinski definition) is 2. The van der Waals surface area contributed by atoms with Crippen molar-refractivity contribution in [2.75, 3.05) is 18.0 Å². The fourth-order valence-corrected chi connectivity index (χ4v) is 2.37. The van der Waals surface area contributed by atoms with Crippen molar-refractivity contribution in [2.45, 2.75) is 32.7 Å². The number of rotatable bonds is 2. The summed E-state index contributed by atoms with van der Waals surface area (Å²) in [6, 6.07) is 6.51. The Morgan fingerprint density at radius 2 is 2.13 bits per heavy atom.